The summed E-state index contributed by atoms with van der Waals surface area (Å²) in [5, 5.41) is 0.738. The van der Waals surface area contributed by atoms with Crippen LogP contribution < -0.4 is 5.73 Å². The van der Waals surface area contributed by atoms with Crippen molar-refractivity contribution in [3.8, 4) is 11.1 Å². The maximum Gasteiger partial charge on any atom is 0.0459 e. The molecular formula is C16H18ClN. The van der Waals surface area contributed by atoms with Gasteiger partial charge in [-0.2, -0.15) is 0 Å². The molecule has 0 radical (unpaired) electrons. The normalized spacial score (nSPS) is 12.5. The minimum absolute atomic E-state index is 0.0364. The summed E-state index contributed by atoms with van der Waals surface area (Å²) in [6, 6.07) is 12.5. The summed E-state index contributed by atoms with van der Waals surface area (Å²) in [4.78, 5) is 0. The molecule has 0 amide bonds. The lowest BCUT2D eigenvalue weighted by molar-refractivity contribution is 0.819. The van der Waals surface area contributed by atoms with Crippen LogP contribution in [0.5, 0.6) is 0 Å². The van der Waals surface area contributed by atoms with Crippen molar-refractivity contribution in [2.24, 2.45) is 5.73 Å². The number of nitrogens with two attached hydrogens (primary N) is 1. The van der Waals surface area contributed by atoms with Gasteiger partial charge < -0.3 is 5.73 Å². The third kappa shape index (κ3) is 2.58. The average Bonchev–Trinajstić information content (AvgIpc) is 2.28. The average molecular weight is 260 g/mol. The zero-order valence-corrected chi connectivity index (χ0v) is 11.8. The molecule has 0 spiro atoms. The molecule has 0 saturated heterocycles. The fraction of sp³-hybridized carbons (Fsp3) is 0.250. The Kier molecular flexibility index (Phi) is 3.74. The molecule has 0 aliphatic heterocycles. The van der Waals surface area contributed by atoms with Crippen molar-refractivity contribution in [1.82, 2.24) is 0 Å². The molecule has 2 aromatic rings. The van der Waals surface area contributed by atoms with Crippen LogP contribution in [0.2, 0.25) is 5.02 Å². The SMILES string of the molecule is Cc1ccc(-c2ccc(C(C)N)c(Cl)c2)c(C)c1. The zero-order chi connectivity index (χ0) is 13.3. The maximum atomic E-state index is 6.28. The molecule has 0 heterocycles. The van der Waals surface area contributed by atoms with E-state index in [4.69, 9.17) is 17.3 Å². The van der Waals surface area contributed by atoms with Gasteiger partial charge in [0.15, 0.2) is 0 Å². The Morgan fingerprint density at radius 3 is 2.33 bits per heavy atom. The molecule has 0 saturated carbocycles. The fourth-order valence-electron chi connectivity index (χ4n) is 2.20. The van der Waals surface area contributed by atoms with Crippen molar-refractivity contribution in [3.63, 3.8) is 0 Å². The van der Waals surface area contributed by atoms with Crippen LogP contribution in [0, 0.1) is 13.8 Å². The number of hydrogen-bond acceptors (Lipinski definition) is 1. The molecule has 0 aromatic heterocycles. The van der Waals surface area contributed by atoms with Gasteiger partial charge in [-0.3, -0.25) is 0 Å². The highest BCUT2D eigenvalue weighted by atomic mass is 35.5. The number of benzene rings is 2. The number of rotatable bonds is 2. The maximum absolute atomic E-state index is 6.28. The Balaban J connectivity index is 2.49. The van der Waals surface area contributed by atoms with Gasteiger partial charge in [0.05, 0.1) is 0 Å². The molecule has 0 aliphatic carbocycles. The Bertz CT molecular complexity index is 573. The first kappa shape index (κ1) is 13.1. The van der Waals surface area contributed by atoms with Gasteiger partial charge in [0.25, 0.3) is 0 Å². The van der Waals surface area contributed by atoms with E-state index in [0.717, 1.165) is 16.1 Å². The van der Waals surface area contributed by atoms with E-state index in [9.17, 15) is 0 Å². The van der Waals surface area contributed by atoms with Crippen LogP contribution in [0.25, 0.3) is 11.1 Å². The van der Waals surface area contributed by atoms with E-state index in [1.807, 2.05) is 19.1 Å². The third-order valence-corrected chi connectivity index (χ3v) is 3.51. The second-order valence-corrected chi connectivity index (χ2v) is 5.25. The summed E-state index contributed by atoms with van der Waals surface area (Å²) in [6.45, 7) is 6.16. The van der Waals surface area contributed by atoms with Crippen molar-refractivity contribution in [1.29, 1.82) is 0 Å². The summed E-state index contributed by atoms with van der Waals surface area (Å²) < 4.78 is 0. The van der Waals surface area contributed by atoms with Crippen molar-refractivity contribution >= 4 is 11.6 Å². The van der Waals surface area contributed by atoms with Crippen LogP contribution in [-0.2, 0) is 0 Å². The summed E-state index contributed by atoms with van der Waals surface area (Å²) in [5.74, 6) is 0. The minimum Gasteiger partial charge on any atom is -0.324 e. The van der Waals surface area contributed by atoms with Gasteiger partial charge in [0, 0.05) is 11.1 Å². The van der Waals surface area contributed by atoms with E-state index in [2.05, 4.69) is 38.1 Å². The summed E-state index contributed by atoms with van der Waals surface area (Å²) in [6.07, 6.45) is 0. The second-order valence-electron chi connectivity index (χ2n) is 4.84. The predicted octanol–water partition coefficient (Wildman–Crippen LogP) is 4.64. The van der Waals surface area contributed by atoms with Crippen LogP contribution in [0.4, 0.5) is 0 Å². The second kappa shape index (κ2) is 5.13. The van der Waals surface area contributed by atoms with Gasteiger partial charge in [-0.25, -0.2) is 0 Å². The Hall–Kier alpha value is -1.31. The standard InChI is InChI=1S/C16H18ClN/c1-10-4-6-14(11(2)8-10)13-5-7-15(12(3)18)16(17)9-13/h4-9,12H,18H2,1-3H3. The van der Waals surface area contributed by atoms with Crippen molar-refractivity contribution in [2.45, 2.75) is 26.8 Å². The van der Waals surface area contributed by atoms with Crippen molar-refractivity contribution in [3.05, 3.63) is 58.1 Å². The lowest BCUT2D eigenvalue weighted by Gasteiger charge is -2.12. The lowest BCUT2D eigenvalue weighted by Crippen LogP contribution is -2.05. The Morgan fingerprint density at radius 2 is 1.78 bits per heavy atom. The molecule has 2 aromatic carbocycles. The van der Waals surface area contributed by atoms with E-state index in [0.29, 0.717) is 0 Å². The molecule has 0 fully saturated rings. The van der Waals surface area contributed by atoms with Crippen molar-refractivity contribution in [2.75, 3.05) is 0 Å². The number of aryl methyl sites for hydroxylation is 2. The molecule has 1 nitrogen and oxygen atoms in total. The minimum atomic E-state index is -0.0364. The number of halogens is 1. The van der Waals surface area contributed by atoms with Crippen molar-refractivity contribution < 1.29 is 0 Å². The first-order valence-electron chi connectivity index (χ1n) is 6.11. The molecule has 0 bridgehead atoms. The van der Waals surface area contributed by atoms with Crippen LogP contribution in [0.1, 0.15) is 29.7 Å². The van der Waals surface area contributed by atoms with Gasteiger partial charge in [-0.1, -0.05) is 47.5 Å². The molecule has 2 heteroatoms. The Labute approximate surface area is 114 Å². The largest absolute Gasteiger partial charge is 0.324 e. The molecule has 2 N–H and O–H groups in total. The van der Waals surface area contributed by atoms with Gasteiger partial charge in [-0.05, 0) is 49.1 Å². The predicted molar refractivity (Wildman–Crippen MR) is 79.0 cm³/mol. The monoisotopic (exact) mass is 259 g/mol. The highest BCUT2D eigenvalue weighted by Gasteiger charge is 2.08. The third-order valence-electron chi connectivity index (χ3n) is 3.18. The molecule has 94 valence electrons. The molecule has 1 unspecified atom stereocenters. The van der Waals surface area contributed by atoms with Crippen LogP contribution in [-0.4, -0.2) is 0 Å². The van der Waals surface area contributed by atoms with Crippen LogP contribution >= 0.6 is 11.6 Å². The molecular weight excluding hydrogens is 242 g/mol. The van der Waals surface area contributed by atoms with Crippen LogP contribution in [0.15, 0.2) is 36.4 Å². The smallest absolute Gasteiger partial charge is 0.0459 e. The van der Waals surface area contributed by atoms with Crippen LogP contribution in [0.3, 0.4) is 0 Å². The zero-order valence-electron chi connectivity index (χ0n) is 11.0. The van der Waals surface area contributed by atoms with E-state index < -0.39 is 0 Å². The van der Waals surface area contributed by atoms with Gasteiger partial charge in [0.1, 0.15) is 0 Å². The summed E-state index contributed by atoms with van der Waals surface area (Å²) in [7, 11) is 0. The summed E-state index contributed by atoms with van der Waals surface area (Å²) in [5.41, 5.74) is 11.8. The van der Waals surface area contributed by atoms with E-state index >= 15 is 0 Å². The first-order chi connectivity index (χ1) is 8.49. The fourth-order valence-corrected chi connectivity index (χ4v) is 2.55. The molecule has 18 heavy (non-hydrogen) atoms. The molecule has 2 rings (SSSR count). The first-order valence-corrected chi connectivity index (χ1v) is 6.49. The van der Waals surface area contributed by atoms with Gasteiger partial charge in [0.2, 0.25) is 0 Å². The lowest BCUT2D eigenvalue weighted by atomic mass is 9.97. The highest BCUT2D eigenvalue weighted by molar-refractivity contribution is 6.31. The van der Waals surface area contributed by atoms with E-state index in [-0.39, 0.29) is 6.04 Å². The molecule has 0 aliphatic rings. The quantitative estimate of drug-likeness (QED) is 0.835. The molecule has 1 atom stereocenters. The van der Waals surface area contributed by atoms with E-state index in [1.54, 1.807) is 0 Å². The Morgan fingerprint density at radius 1 is 1.06 bits per heavy atom. The topological polar surface area (TPSA) is 26.0 Å². The highest BCUT2D eigenvalue weighted by Crippen LogP contribution is 2.30. The van der Waals surface area contributed by atoms with Gasteiger partial charge >= 0.3 is 0 Å². The van der Waals surface area contributed by atoms with E-state index in [1.165, 1.54) is 16.7 Å². The number of hydrogen-bond donors (Lipinski definition) is 1. The summed E-state index contributed by atoms with van der Waals surface area (Å²) >= 11 is 6.28. The van der Waals surface area contributed by atoms with Gasteiger partial charge in [-0.15, -0.1) is 0 Å².